The van der Waals surface area contributed by atoms with E-state index in [1.165, 1.54) is 5.56 Å². The minimum Gasteiger partial charge on any atom is -0.355 e. The van der Waals surface area contributed by atoms with Crippen LogP contribution < -0.4 is 16.6 Å². The number of benzene rings is 1. The molecule has 0 fully saturated rings. The van der Waals surface area contributed by atoms with Gasteiger partial charge in [0.25, 0.3) is 0 Å². The molecular formula is C13H15BrN4. The van der Waals surface area contributed by atoms with Crippen LogP contribution >= 0.6 is 15.9 Å². The van der Waals surface area contributed by atoms with Crippen LogP contribution in [0.15, 0.2) is 41.0 Å². The van der Waals surface area contributed by atoms with Crippen molar-refractivity contribution in [3.05, 3.63) is 46.6 Å². The highest BCUT2D eigenvalue weighted by Gasteiger charge is 2.03. The number of rotatable bonds is 4. The summed E-state index contributed by atoms with van der Waals surface area (Å²) in [5, 5.41) is 3.37. The van der Waals surface area contributed by atoms with Gasteiger partial charge in [0, 0.05) is 28.1 Å². The number of nitrogen functional groups attached to an aromatic ring is 1. The Labute approximate surface area is 115 Å². The molecule has 0 saturated heterocycles. The third-order valence-electron chi connectivity index (χ3n) is 2.64. The number of nitrogens with zero attached hydrogens (tertiary/aromatic N) is 1. The highest BCUT2D eigenvalue weighted by Crippen LogP contribution is 2.25. The largest absolute Gasteiger partial charge is 0.355 e. The van der Waals surface area contributed by atoms with Crippen LogP contribution in [0.4, 0.5) is 17.2 Å². The van der Waals surface area contributed by atoms with E-state index in [2.05, 4.69) is 50.7 Å². The first-order valence-electron chi connectivity index (χ1n) is 5.71. The Morgan fingerprint density at radius 3 is 2.83 bits per heavy atom. The summed E-state index contributed by atoms with van der Waals surface area (Å²) in [5.41, 5.74) is 5.83. The van der Waals surface area contributed by atoms with E-state index in [0.717, 1.165) is 22.3 Å². The fourth-order valence-electron chi connectivity index (χ4n) is 1.72. The maximum Gasteiger partial charge on any atom is 0.141 e. The minimum absolute atomic E-state index is 0.634. The van der Waals surface area contributed by atoms with E-state index in [1.807, 2.05) is 18.2 Å². The number of hydrazine groups is 1. The van der Waals surface area contributed by atoms with E-state index in [9.17, 15) is 0 Å². The molecule has 0 spiro atoms. The molecule has 1 heterocycles. The SMILES string of the molecule is CCc1cc(Br)ccc1Nc1ccnc(NN)c1. The summed E-state index contributed by atoms with van der Waals surface area (Å²) in [7, 11) is 0. The Hall–Kier alpha value is -1.59. The number of nitrogens with one attached hydrogen (secondary N) is 2. The summed E-state index contributed by atoms with van der Waals surface area (Å²) >= 11 is 3.48. The van der Waals surface area contributed by atoms with Crippen molar-refractivity contribution >= 4 is 33.1 Å². The zero-order chi connectivity index (χ0) is 13.0. The molecule has 4 nitrogen and oxygen atoms in total. The number of nitrogens with two attached hydrogens (primary N) is 1. The van der Waals surface area contributed by atoms with Crippen LogP contribution in [0.5, 0.6) is 0 Å². The maximum atomic E-state index is 5.34. The Morgan fingerprint density at radius 1 is 1.28 bits per heavy atom. The predicted molar refractivity (Wildman–Crippen MR) is 78.8 cm³/mol. The van der Waals surface area contributed by atoms with Crippen LogP contribution in [0.25, 0.3) is 0 Å². The van der Waals surface area contributed by atoms with E-state index in [0.29, 0.717) is 5.82 Å². The van der Waals surface area contributed by atoms with Crippen molar-refractivity contribution in [3.63, 3.8) is 0 Å². The number of hydrogen-bond donors (Lipinski definition) is 3. The third-order valence-corrected chi connectivity index (χ3v) is 3.13. The molecule has 0 unspecified atom stereocenters. The number of aromatic nitrogens is 1. The molecule has 1 aromatic heterocycles. The molecule has 0 aliphatic rings. The second-order valence-corrected chi connectivity index (χ2v) is 4.77. The fraction of sp³-hybridized carbons (Fsp3) is 0.154. The molecule has 5 heteroatoms. The lowest BCUT2D eigenvalue weighted by Gasteiger charge is -2.12. The summed E-state index contributed by atoms with van der Waals surface area (Å²) in [6.45, 7) is 2.13. The molecule has 2 rings (SSSR count). The molecule has 0 saturated carbocycles. The number of hydrogen-bond acceptors (Lipinski definition) is 4. The smallest absolute Gasteiger partial charge is 0.141 e. The normalized spacial score (nSPS) is 10.2. The van der Waals surface area contributed by atoms with Gasteiger partial charge >= 0.3 is 0 Å². The lowest BCUT2D eigenvalue weighted by atomic mass is 10.1. The van der Waals surface area contributed by atoms with Crippen LogP contribution in [0.2, 0.25) is 0 Å². The van der Waals surface area contributed by atoms with Gasteiger partial charge in [0.2, 0.25) is 0 Å². The molecule has 0 amide bonds. The fourth-order valence-corrected chi connectivity index (χ4v) is 2.13. The molecule has 4 N–H and O–H groups in total. The summed E-state index contributed by atoms with van der Waals surface area (Å²) in [5.74, 6) is 5.98. The molecule has 18 heavy (non-hydrogen) atoms. The van der Waals surface area contributed by atoms with Crippen LogP contribution in [-0.2, 0) is 6.42 Å². The Bertz CT molecular complexity index is 542. The second kappa shape index (κ2) is 5.84. The van der Waals surface area contributed by atoms with Crippen LogP contribution in [0.3, 0.4) is 0 Å². The van der Waals surface area contributed by atoms with Gasteiger partial charge in [0.15, 0.2) is 0 Å². The highest BCUT2D eigenvalue weighted by molar-refractivity contribution is 9.10. The molecule has 2 aromatic rings. The summed E-state index contributed by atoms with van der Waals surface area (Å²) in [4.78, 5) is 4.07. The van der Waals surface area contributed by atoms with E-state index in [1.54, 1.807) is 6.20 Å². The van der Waals surface area contributed by atoms with E-state index in [4.69, 9.17) is 5.84 Å². The molecule has 0 bridgehead atoms. The predicted octanol–water partition coefficient (Wildman–Crippen LogP) is 3.44. The summed E-state index contributed by atoms with van der Waals surface area (Å²) < 4.78 is 1.09. The van der Waals surface area contributed by atoms with Crippen LogP contribution in [0.1, 0.15) is 12.5 Å². The minimum atomic E-state index is 0.634. The molecule has 1 aromatic carbocycles. The average Bonchev–Trinajstić information content (AvgIpc) is 2.41. The molecule has 0 radical (unpaired) electrons. The second-order valence-electron chi connectivity index (χ2n) is 3.85. The third kappa shape index (κ3) is 3.00. The van der Waals surface area contributed by atoms with Gasteiger partial charge in [-0.1, -0.05) is 22.9 Å². The van der Waals surface area contributed by atoms with Gasteiger partial charge in [-0.25, -0.2) is 10.8 Å². The topological polar surface area (TPSA) is 63.0 Å². The molecule has 0 aliphatic heterocycles. The van der Waals surface area contributed by atoms with Gasteiger partial charge < -0.3 is 10.7 Å². The summed E-state index contributed by atoms with van der Waals surface area (Å²) in [6, 6.07) is 9.96. The number of halogens is 1. The Morgan fingerprint density at radius 2 is 2.11 bits per heavy atom. The lowest BCUT2D eigenvalue weighted by Crippen LogP contribution is -2.08. The molecule has 94 valence electrons. The quantitative estimate of drug-likeness (QED) is 0.598. The number of aryl methyl sites for hydroxylation is 1. The van der Waals surface area contributed by atoms with Gasteiger partial charge in [-0.3, -0.25) is 0 Å². The van der Waals surface area contributed by atoms with Crippen LogP contribution in [0, 0.1) is 0 Å². The zero-order valence-corrected chi connectivity index (χ0v) is 11.7. The van der Waals surface area contributed by atoms with Crippen LogP contribution in [-0.4, -0.2) is 4.98 Å². The number of anilines is 3. The zero-order valence-electron chi connectivity index (χ0n) is 10.1. The van der Waals surface area contributed by atoms with Crippen molar-refractivity contribution in [2.75, 3.05) is 10.7 Å². The van der Waals surface area contributed by atoms with E-state index < -0.39 is 0 Å². The molecular weight excluding hydrogens is 292 g/mol. The van der Waals surface area contributed by atoms with Crippen molar-refractivity contribution in [3.8, 4) is 0 Å². The van der Waals surface area contributed by atoms with Crippen molar-refractivity contribution in [2.24, 2.45) is 5.84 Å². The van der Waals surface area contributed by atoms with Gasteiger partial charge in [-0.05, 0) is 36.2 Å². The number of pyridine rings is 1. The molecule has 0 atom stereocenters. The van der Waals surface area contributed by atoms with Gasteiger partial charge in [-0.15, -0.1) is 0 Å². The highest BCUT2D eigenvalue weighted by atomic mass is 79.9. The Balaban J connectivity index is 2.27. The maximum absolute atomic E-state index is 5.34. The molecule has 0 aliphatic carbocycles. The van der Waals surface area contributed by atoms with Gasteiger partial charge in [0.1, 0.15) is 5.82 Å². The first kappa shape index (κ1) is 12.9. The van der Waals surface area contributed by atoms with Crippen molar-refractivity contribution in [2.45, 2.75) is 13.3 Å². The van der Waals surface area contributed by atoms with Crippen molar-refractivity contribution in [1.82, 2.24) is 4.98 Å². The summed E-state index contributed by atoms with van der Waals surface area (Å²) in [6.07, 6.45) is 2.68. The average molecular weight is 307 g/mol. The van der Waals surface area contributed by atoms with Gasteiger partial charge in [-0.2, -0.15) is 0 Å². The standard InChI is InChI=1S/C13H15BrN4/c1-2-9-7-10(14)3-4-12(9)17-11-5-6-16-13(8-11)18-15/h3-8H,2,15H2,1H3,(H2,16,17,18). The first-order chi connectivity index (χ1) is 8.72. The Kier molecular flexibility index (Phi) is 4.17. The monoisotopic (exact) mass is 306 g/mol. The van der Waals surface area contributed by atoms with Crippen molar-refractivity contribution < 1.29 is 0 Å². The van der Waals surface area contributed by atoms with E-state index in [-0.39, 0.29) is 0 Å². The first-order valence-corrected chi connectivity index (χ1v) is 6.50. The van der Waals surface area contributed by atoms with Gasteiger partial charge in [0.05, 0.1) is 0 Å². The lowest BCUT2D eigenvalue weighted by molar-refractivity contribution is 1.14. The van der Waals surface area contributed by atoms with E-state index >= 15 is 0 Å². The van der Waals surface area contributed by atoms with Crippen molar-refractivity contribution in [1.29, 1.82) is 0 Å².